The average molecular weight is 662 g/mol. The van der Waals surface area contributed by atoms with E-state index in [-0.39, 0.29) is 36.6 Å². The molecule has 9 nitrogen and oxygen atoms in total. The molecule has 1 saturated heterocycles. The number of piperidine rings is 1. The van der Waals surface area contributed by atoms with Crippen LogP contribution < -0.4 is 10.1 Å². The lowest BCUT2D eigenvalue weighted by atomic mass is 9.96. The number of hydrogen-bond donors (Lipinski definition) is 1. The van der Waals surface area contributed by atoms with Crippen LogP contribution in [0.5, 0.6) is 11.6 Å². The van der Waals surface area contributed by atoms with Gasteiger partial charge in [-0.2, -0.15) is 0 Å². The van der Waals surface area contributed by atoms with E-state index in [1.54, 1.807) is 29.4 Å². The van der Waals surface area contributed by atoms with Crippen molar-refractivity contribution in [2.24, 2.45) is 0 Å². The van der Waals surface area contributed by atoms with E-state index in [0.717, 1.165) is 40.3 Å². The molecule has 49 heavy (non-hydrogen) atoms. The average Bonchev–Trinajstić information content (AvgIpc) is 3.07. The summed E-state index contributed by atoms with van der Waals surface area (Å²) in [5.74, 6) is 1.18. The van der Waals surface area contributed by atoms with Gasteiger partial charge in [-0.1, -0.05) is 42.5 Å². The van der Waals surface area contributed by atoms with Crippen LogP contribution in [0.2, 0.25) is 0 Å². The van der Waals surface area contributed by atoms with Gasteiger partial charge in [0.25, 0.3) is 0 Å². The van der Waals surface area contributed by atoms with E-state index in [1.165, 1.54) is 12.1 Å². The Bertz CT molecular complexity index is 1980. The predicted octanol–water partition coefficient (Wildman–Crippen LogP) is 8.10. The number of aryl methyl sites for hydroxylation is 1. The van der Waals surface area contributed by atoms with Crippen LogP contribution in [0.25, 0.3) is 22.0 Å². The van der Waals surface area contributed by atoms with Crippen LogP contribution >= 0.6 is 0 Å². The van der Waals surface area contributed by atoms with Gasteiger partial charge in [-0.05, 0) is 92.9 Å². The number of rotatable bonds is 9. The van der Waals surface area contributed by atoms with E-state index in [9.17, 15) is 14.0 Å². The molecule has 10 heteroatoms. The number of pyridine rings is 1. The smallest absolute Gasteiger partial charge is 0.410 e. The number of benzene rings is 3. The van der Waals surface area contributed by atoms with Crippen LogP contribution in [-0.2, 0) is 22.4 Å². The maximum absolute atomic E-state index is 13.3. The molecule has 1 fully saturated rings. The molecule has 1 N–H and O–H groups in total. The highest BCUT2D eigenvalue weighted by molar-refractivity contribution is 5.95. The van der Waals surface area contributed by atoms with Crippen LogP contribution in [0, 0.1) is 12.7 Å². The number of nitrogens with one attached hydrogen (secondary N) is 1. The highest BCUT2D eigenvalue weighted by atomic mass is 19.1. The number of amides is 1. The summed E-state index contributed by atoms with van der Waals surface area (Å²) in [6.45, 7) is 8.69. The molecule has 5 aromatic rings. The third-order valence-electron chi connectivity index (χ3n) is 8.31. The molecule has 252 valence electrons. The molecule has 0 saturated carbocycles. The Morgan fingerprint density at radius 2 is 1.76 bits per heavy atom. The van der Waals surface area contributed by atoms with Gasteiger partial charge in [0.15, 0.2) is 0 Å². The summed E-state index contributed by atoms with van der Waals surface area (Å²) in [4.78, 5) is 41.3. The summed E-state index contributed by atoms with van der Waals surface area (Å²) in [6, 6.07) is 21.4. The number of anilines is 1. The van der Waals surface area contributed by atoms with Crippen molar-refractivity contribution >= 4 is 28.6 Å². The van der Waals surface area contributed by atoms with Crippen LogP contribution in [-0.4, -0.2) is 56.5 Å². The Hall–Kier alpha value is -5.38. The monoisotopic (exact) mass is 661 g/mol. The molecule has 0 spiro atoms. The zero-order valence-corrected chi connectivity index (χ0v) is 28.2. The minimum Gasteiger partial charge on any atom is -0.444 e. The number of fused-ring (bicyclic) bond motifs is 1. The third kappa shape index (κ3) is 8.38. The second kappa shape index (κ2) is 14.4. The number of hydrogen-bond acceptors (Lipinski definition) is 8. The number of ether oxygens (including phenoxy) is 2. The largest absolute Gasteiger partial charge is 0.444 e. The number of carbonyl (C=O) groups excluding carboxylic acids is 2. The van der Waals surface area contributed by atoms with Gasteiger partial charge in [-0.25, -0.2) is 24.1 Å². The zero-order valence-electron chi connectivity index (χ0n) is 28.2. The molecule has 6 rings (SSSR count). The third-order valence-corrected chi connectivity index (χ3v) is 8.31. The standard InChI is InChI=1S/C39H40FN5O4/c1-25-12-17-31-27(23-30(46)22-26-13-15-28(40)16-14-26)8-5-10-32(31)35(25)48-36-33(11-6-19-41-36)34-18-20-42-37(44-34)43-29-9-7-21-45(24-29)38(47)49-39(2,3)4/h5-6,8,10-20,29H,7,9,21-24H2,1-4H3,(H,42,43,44)/t29-/m0/s1. The van der Waals surface area contributed by atoms with Crippen molar-refractivity contribution in [2.45, 2.75) is 65.0 Å². The second-order valence-electron chi connectivity index (χ2n) is 13.4. The minimum absolute atomic E-state index is 0.0313. The number of carbonyl (C=O) groups is 2. The van der Waals surface area contributed by atoms with Crippen LogP contribution in [0.3, 0.4) is 0 Å². The van der Waals surface area contributed by atoms with Crippen molar-refractivity contribution in [3.8, 4) is 22.9 Å². The first-order valence-corrected chi connectivity index (χ1v) is 16.5. The van der Waals surface area contributed by atoms with Gasteiger partial charge in [0.1, 0.15) is 23.0 Å². The van der Waals surface area contributed by atoms with Gasteiger partial charge < -0.3 is 19.7 Å². The number of nitrogens with zero attached hydrogens (tertiary/aromatic N) is 4. The normalized spacial score (nSPS) is 14.8. The van der Waals surface area contributed by atoms with E-state index in [1.807, 2.05) is 76.2 Å². The van der Waals surface area contributed by atoms with Gasteiger partial charge in [0, 0.05) is 49.8 Å². The van der Waals surface area contributed by atoms with Crippen molar-refractivity contribution in [2.75, 3.05) is 18.4 Å². The Kier molecular flexibility index (Phi) is 9.85. The van der Waals surface area contributed by atoms with Gasteiger partial charge in [-0.3, -0.25) is 4.79 Å². The Morgan fingerprint density at radius 1 is 0.939 bits per heavy atom. The first-order valence-electron chi connectivity index (χ1n) is 16.5. The van der Waals surface area contributed by atoms with E-state index in [0.29, 0.717) is 41.9 Å². The van der Waals surface area contributed by atoms with E-state index in [4.69, 9.17) is 14.5 Å². The van der Waals surface area contributed by atoms with Crippen LogP contribution in [0.1, 0.15) is 50.3 Å². The van der Waals surface area contributed by atoms with Crippen LogP contribution in [0.15, 0.2) is 85.2 Å². The number of aromatic nitrogens is 3. The molecular formula is C39H40FN5O4. The number of halogens is 1. The second-order valence-corrected chi connectivity index (χ2v) is 13.4. The topological polar surface area (TPSA) is 107 Å². The summed E-state index contributed by atoms with van der Waals surface area (Å²) in [5.41, 5.74) is 3.33. The van der Waals surface area contributed by atoms with Crippen molar-refractivity contribution in [1.29, 1.82) is 0 Å². The van der Waals surface area contributed by atoms with E-state index in [2.05, 4.69) is 15.3 Å². The van der Waals surface area contributed by atoms with Crippen molar-refractivity contribution in [1.82, 2.24) is 19.9 Å². The molecule has 0 unspecified atom stereocenters. The molecule has 2 aromatic heterocycles. The van der Waals surface area contributed by atoms with Gasteiger partial charge in [0.05, 0.1) is 11.3 Å². The SMILES string of the molecule is Cc1ccc2c(CC(=O)Cc3ccc(F)cc3)cccc2c1Oc1ncccc1-c1ccnc(N[C@H]2CCCN(C(=O)OC(C)(C)C)C2)n1. The fourth-order valence-corrected chi connectivity index (χ4v) is 6.01. The first kappa shape index (κ1) is 33.5. The van der Waals surface area contributed by atoms with Crippen LogP contribution in [0.4, 0.5) is 15.1 Å². The zero-order chi connectivity index (χ0) is 34.5. The van der Waals surface area contributed by atoms with Crippen molar-refractivity contribution in [3.05, 3.63) is 108 Å². The number of ketones is 1. The van der Waals surface area contributed by atoms with E-state index < -0.39 is 5.60 Å². The lowest BCUT2D eigenvalue weighted by Crippen LogP contribution is -2.47. The molecule has 1 aliphatic heterocycles. The fourth-order valence-electron chi connectivity index (χ4n) is 6.01. The Balaban J connectivity index is 1.21. The van der Waals surface area contributed by atoms with Gasteiger partial charge in [0.2, 0.25) is 11.8 Å². The summed E-state index contributed by atoms with van der Waals surface area (Å²) in [7, 11) is 0. The minimum atomic E-state index is -0.559. The molecule has 0 aliphatic carbocycles. The molecule has 0 bridgehead atoms. The van der Waals surface area contributed by atoms with Gasteiger partial charge in [-0.15, -0.1) is 0 Å². The lowest BCUT2D eigenvalue weighted by Gasteiger charge is -2.34. The molecule has 3 aromatic carbocycles. The fraction of sp³-hybridized carbons (Fsp3) is 0.308. The molecule has 0 radical (unpaired) electrons. The maximum Gasteiger partial charge on any atom is 0.410 e. The summed E-state index contributed by atoms with van der Waals surface area (Å²) >= 11 is 0. The molecule has 1 amide bonds. The molecule has 3 heterocycles. The Morgan fingerprint density at radius 3 is 2.55 bits per heavy atom. The highest BCUT2D eigenvalue weighted by Crippen LogP contribution is 2.37. The highest BCUT2D eigenvalue weighted by Gasteiger charge is 2.28. The predicted molar refractivity (Wildman–Crippen MR) is 187 cm³/mol. The van der Waals surface area contributed by atoms with E-state index >= 15 is 0 Å². The molecule has 1 aliphatic rings. The maximum atomic E-state index is 13.3. The summed E-state index contributed by atoms with van der Waals surface area (Å²) in [5, 5.41) is 5.18. The number of likely N-dealkylation sites (tertiary alicyclic amines) is 1. The van der Waals surface area contributed by atoms with Crippen molar-refractivity contribution in [3.63, 3.8) is 0 Å². The summed E-state index contributed by atoms with van der Waals surface area (Å²) < 4.78 is 25.5. The van der Waals surface area contributed by atoms with Gasteiger partial charge >= 0.3 is 6.09 Å². The first-order chi connectivity index (χ1) is 23.5. The quantitative estimate of drug-likeness (QED) is 0.169. The lowest BCUT2D eigenvalue weighted by molar-refractivity contribution is -0.117. The molecule has 1 atom stereocenters. The number of Topliss-reactive ketones (excluding diaryl/α,β-unsaturated/α-hetero) is 1. The Labute approximate surface area is 285 Å². The summed E-state index contributed by atoms with van der Waals surface area (Å²) in [6.07, 6.45) is 5.21. The van der Waals surface area contributed by atoms with Crippen molar-refractivity contribution < 1.29 is 23.5 Å². The molecular weight excluding hydrogens is 621 g/mol.